The Morgan fingerprint density at radius 2 is 2.24 bits per heavy atom. The van der Waals surface area contributed by atoms with E-state index < -0.39 is 0 Å². The highest BCUT2D eigenvalue weighted by atomic mass is 16.5. The molecule has 0 radical (unpaired) electrons. The van der Waals surface area contributed by atoms with E-state index in [-0.39, 0.29) is 11.9 Å². The van der Waals surface area contributed by atoms with Crippen LogP contribution in [0, 0.1) is 0 Å². The topological polar surface area (TPSA) is 56.1 Å². The van der Waals surface area contributed by atoms with Crippen molar-refractivity contribution in [3.05, 3.63) is 42.7 Å². The van der Waals surface area contributed by atoms with E-state index in [1.807, 2.05) is 42.7 Å². The second kappa shape index (κ2) is 7.04. The third kappa shape index (κ3) is 3.92. The first kappa shape index (κ1) is 15.3. The van der Waals surface area contributed by atoms with Gasteiger partial charge in [0.15, 0.2) is 0 Å². The van der Waals surface area contributed by atoms with Gasteiger partial charge >= 0.3 is 0 Å². The predicted molar refractivity (Wildman–Crippen MR) is 83.1 cm³/mol. The minimum Gasteiger partial charge on any atom is -0.375 e. The van der Waals surface area contributed by atoms with Crippen molar-refractivity contribution in [1.82, 2.24) is 14.9 Å². The average Bonchev–Trinajstić information content (AvgIpc) is 2.89. The van der Waals surface area contributed by atoms with Crippen molar-refractivity contribution in [2.75, 3.05) is 19.8 Å². The minimum absolute atomic E-state index is 0.0444. The number of nitrogens with one attached hydrogen (secondary N) is 1. The zero-order chi connectivity index (χ0) is 15.2. The molecule has 0 aliphatic rings. The van der Waals surface area contributed by atoms with Crippen molar-refractivity contribution < 1.29 is 9.53 Å². The lowest BCUT2D eigenvalue weighted by Gasteiger charge is -2.14. The molecular weight excluding hydrogens is 266 g/mol. The number of carbonyl (C=O) groups is 1. The number of amides is 1. The van der Waals surface area contributed by atoms with Gasteiger partial charge in [0.1, 0.15) is 6.04 Å². The zero-order valence-corrected chi connectivity index (χ0v) is 12.5. The summed E-state index contributed by atoms with van der Waals surface area (Å²) in [4.78, 5) is 16.4. The lowest BCUT2D eigenvalue weighted by Crippen LogP contribution is -2.33. The molecule has 0 saturated heterocycles. The maximum absolute atomic E-state index is 12.1. The summed E-state index contributed by atoms with van der Waals surface area (Å²) in [6.07, 6.45) is 1.70. The molecule has 1 unspecified atom stereocenters. The number of rotatable bonds is 7. The van der Waals surface area contributed by atoms with E-state index in [2.05, 4.69) is 16.9 Å². The van der Waals surface area contributed by atoms with Gasteiger partial charge in [-0.2, -0.15) is 0 Å². The quantitative estimate of drug-likeness (QED) is 0.628. The third-order valence-electron chi connectivity index (χ3n) is 3.17. The standard InChI is InChI=1S/C16H21N3O2/c1-12(2)10-21-9-8-17-16(20)13(3)19-11-18-14-6-4-5-7-15(14)19/h4-7,11,13H,1,8-10H2,2-3H3,(H,17,20). The Morgan fingerprint density at radius 3 is 3.00 bits per heavy atom. The lowest BCUT2D eigenvalue weighted by molar-refractivity contribution is -0.124. The minimum atomic E-state index is -0.307. The van der Waals surface area contributed by atoms with Crippen molar-refractivity contribution in [2.45, 2.75) is 19.9 Å². The van der Waals surface area contributed by atoms with Gasteiger partial charge in [-0.1, -0.05) is 24.3 Å². The van der Waals surface area contributed by atoms with Gasteiger partial charge in [-0.25, -0.2) is 4.98 Å². The number of nitrogens with zero attached hydrogens (tertiary/aromatic N) is 2. The molecule has 2 rings (SSSR count). The van der Waals surface area contributed by atoms with Crippen LogP contribution in [0.25, 0.3) is 11.0 Å². The maximum Gasteiger partial charge on any atom is 0.242 e. The van der Waals surface area contributed by atoms with Gasteiger partial charge in [0.25, 0.3) is 0 Å². The van der Waals surface area contributed by atoms with Crippen LogP contribution in [0.2, 0.25) is 0 Å². The van der Waals surface area contributed by atoms with Crippen LogP contribution in [-0.2, 0) is 9.53 Å². The normalized spacial score (nSPS) is 12.3. The van der Waals surface area contributed by atoms with Gasteiger partial charge in [-0.3, -0.25) is 4.79 Å². The maximum atomic E-state index is 12.1. The number of aromatic nitrogens is 2. The second-order valence-corrected chi connectivity index (χ2v) is 5.12. The second-order valence-electron chi connectivity index (χ2n) is 5.12. The van der Waals surface area contributed by atoms with E-state index in [1.165, 1.54) is 0 Å². The summed E-state index contributed by atoms with van der Waals surface area (Å²) in [5, 5.41) is 2.87. The Labute approximate surface area is 124 Å². The molecule has 5 heteroatoms. The molecule has 1 amide bonds. The van der Waals surface area contributed by atoms with E-state index in [9.17, 15) is 4.79 Å². The van der Waals surface area contributed by atoms with Gasteiger partial charge in [0.05, 0.1) is 30.6 Å². The fourth-order valence-electron chi connectivity index (χ4n) is 2.05. The highest BCUT2D eigenvalue weighted by molar-refractivity contribution is 5.83. The highest BCUT2D eigenvalue weighted by Crippen LogP contribution is 2.17. The number of fused-ring (bicyclic) bond motifs is 1. The molecular formula is C16H21N3O2. The summed E-state index contributed by atoms with van der Waals surface area (Å²) >= 11 is 0. The van der Waals surface area contributed by atoms with E-state index in [4.69, 9.17) is 4.74 Å². The van der Waals surface area contributed by atoms with Crippen molar-refractivity contribution in [3.8, 4) is 0 Å². The predicted octanol–water partition coefficient (Wildman–Crippen LogP) is 2.31. The number of ether oxygens (including phenoxy) is 1. The van der Waals surface area contributed by atoms with Crippen molar-refractivity contribution >= 4 is 16.9 Å². The molecule has 1 aromatic heterocycles. The number of para-hydroxylation sites is 2. The fourth-order valence-corrected chi connectivity index (χ4v) is 2.05. The molecule has 0 spiro atoms. The molecule has 1 N–H and O–H groups in total. The largest absolute Gasteiger partial charge is 0.375 e. The van der Waals surface area contributed by atoms with Gasteiger partial charge in [0.2, 0.25) is 5.91 Å². The van der Waals surface area contributed by atoms with Crippen LogP contribution >= 0.6 is 0 Å². The number of benzene rings is 1. The number of hydrogen-bond donors (Lipinski definition) is 1. The Kier molecular flexibility index (Phi) is 5.11. The van der Waals surface area contributed by atoms with E-state index in [1.54, 1.807) is 6.33 Å². The highest BCUT2D eigenvalue weighted by Gasteiger charge is 2.16. The third-order valence-corrected chi connectivity index (χ3v) is 3.17. The molecule has 1 atom stereocenters. The lowest BCUT2D eigenvalue weighted by atomic mass is 10.2. The van der Waals surface area contributed by atoms with Crippen LogP contribution in [0.15, 0.2) is 42.7 Å². The first-order valence-electron chi connectivity index (χ1n) is 7.01. The summed E-state index contributed by atoms with van der Waals surface area (Å²) in [5.41, 5.74) is 2.82. The van der Waals surface area contributed by atoms with E-state index in [0.717, 1.165) is 16.6 Å². The van der Waals surface area contributed by atoms with Gasteiger partial charge in [-0.05, 0) is 26.0 Å². The number of carbonyl (C=O) groups excluding carboxylic acids is 1. The summed E-state index contributed by atoms with van der Waals surface area (Å²) < 4.78 is 7.23. The number of hydrogen-bond acceptors (Lipinski definition) is 3. The van der Waals surface area contributed by atoms with Gasteiger partial charge < -0.3 is 14.6 Å². The van der Waals surface area contributed by atoms with Crippen LogP contribution in [0.5, 0.6) is 0 Å². The molecule has 5 nitrogen and oxygen atoms in total. The van der Waals surface area contributed by atoms with Crippen LogP contribution in [0.3, 0.4) is 0 Å². The Morgan fingerprint density at radius 1 is 1.48 bits per heavy atom. The molecule has 2 aromatic rings. The van der Waals surface area contributed by atoms with Crippen molar-refractivity contribution in [3.63, 3.8) is 0 Å². The molecule has 112 valence electrons. The molecule has 1 aromatic carbocycles. The summed E-state index contributed by atoms with van der Waals surface area (Å²) in [5.74, 6) is -0.0444. The SMILES string of the molecule is C=C(C)COCCNC(=O)C(C)n1cnc2ccccc21. The first-order valence-corrected chi connectivity index (χ1v) is 7.01. The van der Waals surface area contributed by atoms with Crippen molar-refractivity contribution in [1.29, 1.82) is 0 Å². The Balaban J connectivity index is 1.89. The van der Waals surface area contributed by atoms with E-state index in [0.29, 0.717) is 19.8 Å². The van der Waals surface area contributed by atoms with E-state index >= 15 is 0 Å². The van der Waals surface area contributed by atoms with Gasteiger partial charge in [-0.15, -0.1) is 0 Å². The Bertz CT molecular complexity index is 633. The molecule has 0 aliphatic heterocycles. The summed E-state index contributed by atoms with van der Waals surface area (Å²) in [6, 6.07) is 7.46. The monoisotopic (exact) mass is 287 g/mol. The summed E-state index contributed by atoms with van der Waals surface area (Å²) in [7, 11) is 0. The molecule has 0 bridgehead atoms. The van der Waals surface area contributed by atoms with Crippen LogP contribution in [-0.4, -0.2) is 35.2 Å². The summed E-state index contributed by atoms with van der Waals surface area (Å²) in [6.45, 7) is 9.02. The average molecular weight is 287 g/mol. The molecule has 0 saturated carbocycles. The fraction of sp³-hybridized carbons (Fsp3) is 0.375. The van der Waals surface area contributed by atoms with Crippen LogP contribution in [0.4, 0.5) is 0 Å². The molecule has 0 fully saturated rings. The van der Waals surface area contributed by atoms with Crippen LogP contribution in [0.1, 0.15) is 19.9 Å². The number of imidazole rings is 1. The molecule has 0 aliphatic carbocycles. The van der Waals surface area contributed by atoms with Crippen molar-refractivity contribution in [2.24, 2.45) is 0 Å². The van der Waals surface area contributed by atoms with Gasteiger partial charge in [0, 0.05) is 6.54 Å². The zero-order valence-electron chi connectivity index (χ0n) is 12.5. The molecule has 1 heterocycles. The molecule has 21 heavy (non-hydrogen) atoms. The Hall–Kier alpha value is -2.14. The van der Waals surface area contributed by atoms with Crippen LogP contribution < -0.4 is 5.32 Å². The smallest absolute Gasteiger partial charge is 0.242 e. The first-order chi connectivity index (χ1) is 10.1.